The van der Waals surface area contributed by atoms with Gasteiger partial charge in [-0.05, 0) is 65.4 Å². The van der Waals surface area contributed by atoms with E-state index in [1.165, 1.54) is 24.2 Å². The maximum absolute atomic E-state index is 6.47. The van der Waals surface area contributed by atoms with Crippen LogP contribution in [0.15, 0.2) is 47.8 Å². The van der Waals surface area contributed by atoms with Crippen molar-refractivity contribution < 1.29 is 18.9 Å². The average Bonchev–Trinajstić information content (AvgIpc) is 3.84. The van der Waals surface area contributed by atoms with Crippen LogP contribution in [0.3, 0.4) is 0 Å². The molecule has 2 aliphatic heterocycles. The molecule has 18 nitrogen and oxygen atoms in total. The number of aryl methyl sites for hydroxylation is 2. The maximum atomic E-state index is 6.47. The van der Waals surface area contributed by atoms with E-state index < -0.39 is 6.10 Å². The number of piperazine rings is 1. The smallest absolute Gasteiger partial charge is 0.320 e. The van der Waals surface area contributed by atoms with Crippen LogP contribution in [0.2, 0.25) is 0 Å². The Morgan fingerprint density at radius 1 is 0.692 bits per heavy atom. The quantitative estimate of drug-likeness (QED) is 0.0527. The van der Waals surface area contributed by atoms with E-state index in [2.05, 4.69) is 59.5 Å². The molecule has 2 fully saturated rings. The van der Waals surface area contributed by atoms with Gasteiger partial charge in [-0.15, -0.1) is 22.7 Å². The predicted molar refractivity (Wildman–Crippen MR) is 258 cm³/mol. The van der Waals surface area contributed by atoms with E-state index in [1.807, 2.05) is 32.0 Å². The van der Waals surface area contributed by atoms with Gasteiger partial charge >= 0.3 is 6.01 Å². The molecule has 2 aliphatic rings. The number of pyridine rings is 1. The Kier molecular flexibility index (Phi) is 14.7. The second-order valence-corrected chi connectivity index (χ2v) is 19.7. The van der Waals surface area contributed by atoms with E-state index >= 15 is 0 Å². The van der Waals surface area contributed by atoms with Crippen molar-refractivity contribution in [3.8, 4) is 44.5 Å². The minimum Gasteiger partial charge on any atom is -0.493 e. The Morgan fingerprint density at radius 3 is 1.95 bits per heavy atom. The Morgan fingerprint density at radius 2 is 1.29 bits per heavy atom. The Hall–Kier alpha value is -5.58. The summed E-state index contributed by atoms with van der Waals surface area (Å²) in [6, 6.07) is 11.3. The van der Waals surface area contributed by atoms with Crippen molar-refractivity contribution in [1.82, 2.24) is 49.6 Å². The number of nitrogen functional groups attached to an aromatic ring is 4. The van der Waals surface area contributed by atoms with E-state index in [9.17, 15) is 0 Å². The molecule has 0 amide bonds. The van der Waals surface area contributed by atoms with E-state index in [0.717, 1.165) is 106 Å². The fraction of sp³-hybridized carbons (Fsp3) is 0.432. The Bertz CT molecular complexity index is 2540. The molecule has 7 heterocycles. The third-order valence-electron chi connectivity index (χ3n) is 11.2. The van der Waals surface area contributed by atoms with Gasteiger partial charge in [0, 0.05) is 96.7 Å². The first-order valence-corrected chi connectivity index (χ1v) is 24.1. The number of rotatable bonds is 19. The van der Waals surface area contributed by atoms with Crippen LogP contribution in [0.5, 0.6) is 23.4 Å². The molecule has 2 atom stereocenters. The van der Waals surface area contributed by atoms with Gasteiger partial charge in [-0.3, -0.25) is 14.7 Å². The van der Waals surface area contributed by atoms with Gasteiger partial charge in [0.1, 0.15) is 52.6 Å². The van der Waals surface area contributed by atoms with E-state index in [0.29, 0.717) is 48.2 Å². The van der Waals surface area contributed by atoms with Crippen molar-refractivity contribution in [3.05, 3.63) is 69.3 Å². The first-order valence-electron chi connectivity index (χ1n) is 21.6. The van der Waals surface area contributed by atoms with E-state index in [4.69, 9.17) is 51.9 Å². The zero-order chi connectivity index (χ0) is 45.6. The van der Waals surface area contributed by atoms with Crippen LogP contribution in [0.25, 0.3) is 21.1 Å². The second-order valence-electron chi connectivity index (χ2n) is 16.0. The SMILES string of the molecule is COc1c(CN2CCN(CCOc3cc(-c4nc([C@H](C)Sc5nc(N)cc(N)n5)c(C)s4)ccn3)CC2)cc(-c2nc([C@H](C)Oc3nc(N)cc(N)n3)c(C)s2)cc1OCCN1CCC1. The molecule has 2 saturated heterocycles. The second kappa shape index (κ2) is 20.7. The minimum atomic E-state index is -0.436. The molecular formula is C44H56N14O4S3. The molecule has 8 rings (SSSR count). The molecule has 5 aromatic heterocycles. The number of anilines is 4. The summed E-state index contributed by atoms with van der Waals surface area (Å²) in [5, 5.41) is 2.28. The standard InChI is InChI=1S/C44H56N14O4S3/c1-25(62-43-50-33(45)22-34(46)51-43)38-26(2)63-42(54-38)30-19-31(40(59-5)32(20-30)60-17-15-56-9-6-10-56)24-58-13-11-57(12-14-58)16-18-61-37-21-29(7-8-49-37)41-55-39(27(3)64-41)28(4)65-44-52-35(47)23-36(48)53-44/h7-8,19-23,25,28H,6,9-18,24H2,1-5H3,(H4,45,46,50,51)(H4,47,48,52,53)/t25-,28-/m0/s1. The average molecular weight is 941 g/mol. The molecule has 0 saturated carbocycles. The van der Waals surface area contributed by atoms with Gasteiger partial charge in [0.05, 0.1) is 23.7 Å². The summed E-state index contributed by atoms with van der Waals surface area (Å²) in [5.74, 6) is 3.21. The number of methoxy groups -OCH3 is 1. The van der Waals surface area contributed by atoms with Crippen molar-refractivity contribution >= 4 is 57.7 Å². The van der Waals surface area contributed by atoms with Crippen molar-refractivity contribution in [1.29, 1.82) is 0 Å². The number of hydrogen-bond acceptors (Lipinski definition) is 21. The van der Waals surface area contributed by atoms with Gasteiger partial charge in [0.2, 0.25) is 5.88 Å². The normalized spacial score (nSPS) is 15.6. The molecule has 6 aromatic rings. The molecule has 0 bridgehead atoms. The minimum absolute atomic E-state index is 0.000688. The number of benzene rings is 1. The lowest BCUT2D eigenvalue weighted by Crippen LogP contribution is -2.47. The van der Waals surface area contributed by atoms with Gasteiger partial charge in [-0.25, -0.2) is 24.9 Å². The number of likely N-dealkylation sites (tertiary alicyclic amines) is 1. The highest BCUT2D eigenvalue weighted by molar-refractivity contribution is 7.99. The first-order chi connectivity index (χ1) is 31.4. The highest BCUT2D eigenvalue weighted by Gasteiger charge is 2.25. The number of hydrogen-bond donors (Lipinski definition) is 4. The van der Waals surface area contributed by atoms with Crippen LogP contribution < -0.4 is 41.9 Å². The number of thiazole rings is 2. The predicted octanol–water partition coefficient (Wildman–Crippen LogP) is 6.14. The molecule has 8 N–H and O–H groups in total. The lowest BCUT2D eigenvalue weighted by molar-refractivity contribution is 0.111. The van der Waals surface area contributed by atoms with Crippen LogP contribution in [-0.2, 0) is 6.54 Å². The number of nitrogens with two attached hydrogens (primary N) is 4. The van der Waals surface area contributed by atoms with Crippen molar-refractivity contribution in [3.63, 3.8) is 0 Å². The molecule has 21 heteroatoms. The molecule has 0 spiro atoms. The summed E-state index contributed by atoms with van der Waals surface area (Å²) in [6.07, 6.45) is 2.57. The lowest BCUT2D eigenvalue weighted by Gasteiger charge is -2.35. The lowest BCUT2D eigenvalue weighted by atomic mass is 10.1. The van der Waals surface area contributed by atoms with Gasteiger partial charge in [-0.1, -0.05) is 11.8 Å². The van der Waals surface area contributed by atoms with E-state index in [-0.39, 0.29) is 22.9 Å². The zero-order valence-corrected chi connectivity index (χ0v) is 39.8. The zero-order valence-electron chi connectivity index (χ0n) is 37.3. The summed E-state index contributed by atoms with van der Waals surface area (Å²) in [7, 11) is 1.71. The summed E-state index contributed by atoms with van der Waals surface area (Å²) in [4.78, 5) is 41.0. The molecule has 0 radical (unpaired) electrons. The highest BCUT2D eigenvalue weighted by atomic mass is 32.2. The van der Waals surface area contributed by atoms with Gasteiger partial charge in [0.25, 0.3) is 0 Å². The van der Waals surface area contributed by atoms with Gasteiger partial charge < -0.3 is 41.9 Å². The van der Waals surface area contributed by atoms with Crippen molar-refractivity contribution in [2.75, 3.05) is 95.6 Å². The van der Waals surface area contributed by atoms with Crippen LogP contribution >= 0.6 is 34.4 Å². The molecule has 0 unspecified atom stereocenters. The summed E-state index contributed by atoms with van der Waals surface area (Å²) in [5.41, 5.74) is 28.3. The van der Waals surface area contributed by atoms with Crippen molar-refractivity contribution in [2.45, 2.75) is 57.2 Å². The summed E-state index contributed by atoms with van der Waals surface area (Å²) in [6.45, 7) is 17.3. The van der Waals surface area contributed by atoms with Crippen LogP contribution in [0.4, 0.5) is 23.3 Å². The molecule has 344 valence electrons. The maximum Gasteiger partial charge on any atom is 0.320 e. The third-order valence-corrected chi connectivity index (χ3v) is 14.2. The number of aromatic nitrogens is 7. The van der Waals surface area contributed by atoms with Gasteiger partial charge in [0.15, 0.2) is 16.7 Å². The number of nitrogens with zero attached hydrogens (tertiary/aromatic N) is 10. The third kappa shape index (κ3) is 11.6. The molecule has 0 aliphatic carbocycles. The number of thioether (sulfide) groups is 1. The van der Waals surface area contributed by atoms with Crippen LogP contribution in [-0.4, -0.2) is 122 Å². The van der Waals surface area contributed by atoms with Crippen LogP contribution in [0, 0.1) is 13.8 Å². The fourth-order valence-electron chi connectivity index (χ4n) is 7.72. The summed E-state index contributed by atoms with van der Waals surface area (Å²) >= 11 is 4.72. The molecule has 1 aromatic carbocycles. The van der Waals surface area contributed by atoms with E-state index in [1.54, 1.807) is 42.0 Å². The Balaban J connectivity index is 0.884. The van der Waals surface area contributed by atoms with Gasteiger partial charge in [-0.2, -0.15) is 9.97 Å². The fourth-order valence-corrected chi connectivity index (χ4v) is 10.8. The topological polar surface area (TPSA) is 241 Å². The number of ether oxygens (including phenoxy) is 4. The van der Waals surface area contributed by atoms with Crippen LogP contribution in [0.1, 0.15) is 58.3 Å². The Labute approximate surface area is 391 Å². The molecular weight excluding hydrogens is 885 g/mol. The highest BCUT2D eigenvalue weighted by Crippen LogP contribution is 2.41. The largest absolute Gasteiger partial charge is 0.493 e. The van der Waals surface area contributed by atoms with Crippen molar-refractivity contribution in [2.24, 2.45) is 0 Å². The summed E-state index contributed by atoms with van der Waals surface area (Å²) < 4.78 is 24.8. The molecule has 65 heavy (non-hydrogen) atoms. The monoisotopic (exact) mass is 940 g/mol. The first kappa shape index (κ1) is 46.0.